The van der Waals surface area contributed by atoms with Gasteiger partial charge in [0, 0.05) is 76.2 Å². The molecule has 5 rings (SSSR count). The van der Waals surface area contributed by atoms with Crippen molar-refractivity contribution >= 4 is 29.2 Å². The normalized spacial score (nSPS) is 17.3. The fourth-order valence-corrected chi connectivity index (χ4v) is 5.17. The summed E-state index contributed by atoms with van der Waals surface area (Å²) in [6, 6.07) is 9.12. The van der Waals surface area contributed by atoms with Gasteiger partial charge < -0.3 is 14.7 Å². The van der Waals surface area contributed by atoms with E-state index in [1.807, 2.05) is 11.0 Å². The smallest absolute Gasteiger partial charge is 0.353 e. The van der Waals surface area contributed by atoms with Crippen LogP contribution in [0.5, 0.6) is 0 Å². The van der Waals surface area contributed by atoms with Crippen LogP contribution in [0.2, 0.25) is 5.02 Å². The Morgan fingerprint density at radius 1 is 0.846 bits per heavy atom. The number of hydrogen-bond donors (Lipinski definition) is 0. The zero-order valence-electron chi connectivity index (χ0n) is 21.8. The molecule has 2 aromatic heterocycles. The van der Waals surface area contributed by atoms with Crippen molar-refractivity contribution in [1.29, 1.82) is 0 Å². The minimum Gasteiger partial charge on any atom is -0.353 e. The third-order valence-corrected chi connectivity index (χ3v) is 7.53. The molecule has 0 saturated carbocycles. The number of alkyl halides is 3. The quantitative estimate of drug-likeness (QED) is 0.395. The molecule has 0 bridgehead atoms. The number of anilines is 3. The molecule has 208 valence electrons. The van der Waals surface area contributed by atoms with E-state index < -0.39 is 17.6 Å². The third kappa shape index (κ3) is 6.04. The monoisotopic (exact) mass is 563 g/mol. The number of piperazine rings is 2. The Kier molecular flexibility index (Phi) is 7.82. The fourth-order valence-electron chi connectivity index (χ4n) is 4.98. The molecule has 7 nitrogen and oxygen atoms in total. The van der Waals surface area contributed by atoms with Crippen LogP contribution in [0.3, 0.4) is 0 Å². The minimum atomic E-state index is -4.48. The molecule has 2 fully saturated rings. The summed E-state index contributed by atoms with van der Waals surface area (Å²) in [5.74, 6) is 0.664. The van der Waals surface area contributed by atoms with Crippen LogP contribution in [-0.2, 0) is 6.18 Å². The predicted octanol–water partition coefficient (Wildman–Crippen LogP) is 5.21. The summed E-state index contributed by atoms with van der Waals surface area (Å²) in [5.41, 5.74) is 0.530. The first-order chi connectivity index (χ1) is 18.6. The molecule has 0 N–H and O–H groups in total. The van der Waals surface area contributed by atoms with Crippen molar-refractivity contribution in [1.82, 2.24) is 19.9 Å². The van der Waals surface area contributed by atoms with E-state index in [1.54, 1.807) is 17.0 Å². The molecule has 2 saturated heterocycles. The second kappa shape index (κ2) is 11.1. The van der Waals surface area contributed by atoms with E-state index in [9.17, 15) is 17.6 Å². The van der Waals surface area contributed by atoms with Crippen molar-refractivity contribution in [2.24, 2.45) is 0 Å². The van der Waals surface area contributed by atoms with Gasteiger partial charge >= 0.3 is 6.18 Å². The first kappa shape index (κ1) is 27.4. The molecule has 0 amide bonds. The highest BCUT2D eigenvalue weighted by atomic mass is 35.5. The lowest BCUT2D eigenvalue weighted by Gasteiger charge is -2.38. The molecule has 3 aromatic rings. The number of pyridine rings is 1. The van der Waals surface area contributed by atoms with Crippen LogP contribution >= 0.6 is 11.6 Å². The van der Waals surface area contributed by atoms with E-state index in [-0.39, 0.29) is 10.8 Å². The molecule has 39 heavy (non-hydrogen) atoms. The SMILES string of the molecule is CC(C)N1CCN(c2nc(-c3ccc(F)c(Cl)c3)cc(N3CCN(c4ncccc4C(F)(F)F)CC3)n2)CC1. The Bertz CT molecular complexity index is 1300. The molecule has 0 unspecified atom stereocenters. The van der Waals surface area contributed by atoms with Gasteiger partial charge in [-0.1, -0.05) is 11.6 Å². The topological polar surface area (TPSA) is 51.6 Å². The summed E-state index contributed by atoms with van der Waals surface area (Å²) in [6.45, 7) is 9.24. The van der Waals surface area contributed by atoms with E-state index in [2.05, 4.69) is 28.6 Å². The lowest BCUT2D eigenvalue weighted by molar-refractivity contribution is -0.137. The fraction of sp³-hybridized carbons (Fsp3) is 0.444. The first-order valence-corrected chi connectivity index (χ1v) is 13.3. The summed E-state index contributed by atoms with van der Waals surface area (Å²) in [7, 11) is 0. The maximum absolute atomic E-state index is 13.9. The van der Waals surface area contributed by atoms with Gasteiger partial charge in [-0.3, -0.25) is 4.90 Å². The maximum atomic E-state index is 13.9. The second-order valence-electron chi connectivity index (χ2n) is 10.0. The average molecular weight is 564 g/mol. The van der Waals surface area contributed by atoms with Crippen LogP contribution in [0.15, 0.2) is 42.6 Å². The van der Waals surface area contributed by atoms with Gasteiger partial charge in [-0.15, -0.1) is 0 Å². The summed E-state index contributed by atoms with van der Waals surface area (Å²) in [6.07, 6.45) is -3.10. The van der Waals surface area contributed by atoms with Crippen LogP contribution in [-0.4, -0.2) is 78.3 Å². The van der Waals surface area contributed by atoms with E-state index in [1.165, 1.54) is 18.3 Å². The summed E-state index contributed by atoms with van der Waals surface area (Å²) < 4.78 is 54.5. The highest BCUT2D eigenvalue weighted by Crippen LogP contribution is 2.36. The van der Waals surface area contributed by atoms with Crippen molar-refractivity contribution in [3.8, 4) is 11.3 Å². The predicted molar refractivity (Wildman–Crippen MR) is 145 cm³/mol. The molecule has 4 heterocycles. The highest BCUT2D eigenvalue weighted by molar-refractivity contribution is 6.31. The van der Waals surface area contributed by atoms with E-state index in [0.717, 1.165) is 32.2 Å². The molecular formula is C27H30ClF4N7. The number of benzene rings is 1. The van der Waals surface area contributed by atoms with Gasteiger partial charge in [0.15, 0.2) is 0 Å². The van der Waals surface area contributed by atoms with Gasteiger partial charge in [-0.05, 0) is 44.2 Å². The maximum Gasteiger partial charge on any atom is 0.419 e. The van der Waals surface area contributed by atoms with Crippen molar-refractivity contribution < 1.29 is 17.6 Å². The molecule has 2 aliphatic rings. The van der Waals surface area contributed by atoms with Gasteiger partial charge in [0.2, 0.25) is 5.95 Å². The van der Waals surface area contributed by atoms with E-state index in [4.69, 9.17) is 21.6 Å². The Labute approximate surface area is 230 Å². The van der Waals surface area contributed by atoms with Crippen LogP contribution in [0.4, 0.5) is 35.1 Å². The van der Waals surface area contributed by atoms with Crippen molar-refractivity contribution in [3.05, 3.63) is 59.0 Å². The number of nitrogens with zero attached hydrogens (tertiary/aromatic N) is 7. The molecule has 0 spiro atoms. The number of hydrogen-bond acceptors (Lipinski definition) is 7. The zero-order chi connectivity index (χ0) is 27.7. The molecule has 1 aromatic carbocycles. The van der Waals surface area contributed by atoms with Gasteiger partial charge in [0.25, 0.3) is 0 Å². The molecule has 0 atom stereocenters. The summed E-state index contributed by atoms with van der Waals surface area (Å²) >= 11 is 6.07. The van der Waals surface area contributed by atoms with Gasteiger partial charge in [0.05, 0.1) is 16.3 Å². The van der Waals surface area contributed by atoms with E-state index >= 15 is 0 Å². The van der Waals surface area contributed by atoms with Crippen molar-refractivity contribution in [2.75, 3.05) is 67.1 Å². The molecule has 0 radical (unpaired) electrons. The third-order valence-electron chi connectivity index (χ3n) is 7.24. The Balaban J connectivity index is 1.41. The van der Waals surface area contributed by atoms with Crippen molar-refractivity contribution in [3.63, 3.8) is 0 Å². The van der Waals surface area contributed by atoms with Crippen LogP contribution in [0.25, 0.3) is 11.3 Å². The Morgan fingerprint density at radius 2 is 1.51 bits per heavy atom. The number of halogens is 5. The van der Waals surface area contributed by atoms with Crippen molar-refractivity contribution in [2.45, 2.75) is 26.1 Å². The highest BCUT2D eigenvalue weighted by Gasteiger charge is 2.36. The summed E-state index contributed by atoms with van der Waals surface area (Å²) in [5, 5.41) is 0.00389. The van der Waals surface area contributed by atoms with Crippen LogP contribution < -0.4 is 14.7 Å². The molecule has 0 aliphatic carbocycles. The summed E-state index contributed by atoms with van der Waals surface area (Å²) in [4.78, 5) is 21.9. The second-order valence-corrected chi connectivity index (χ2v) is 10.4. The zero-order valence-corrected chi connectivity index (χ0v) is 22.6. The average Bonchev–Trinajstić information content (AvgIpc) is 2.94. The lowest BCUT2D eigenvalue weighted by atomic mass is 10.1. The Hall–Kier alpha value is -3.18. The van der Waals surface area contributed by atoms with Gasteiger partial charge in [-0.2, -0.15) is 18.2 Å². The lowest BCUT2D eigenvalue weighted by Crippen LogP contribution is -2.50. The van der Waals surface area contributed by atoms with Gasteiger partial charge in [0.1, 0.15) is 17.5 Å². The minimum absolute atomic E-state index is 0.00389. The van der Waals surface area contributed by atoms with Crippen LogP contribution in [0, 0.1) is 5.82 Å². The first-order valence-electron chi connectivity index (χ1n) is 13.0. The number of aromatic nitrogens is 3. The van der Waals surface area contributed by atoms with Crippen LogP contribution in [0.1, 0.15) is 19.4 Å². The Morgan fingerprint density at radius 3 is 2.15 bits per heavy atom. The standard InChI is InChI=1S/C27H30ClF4N7/c1-18(2)36-8-14-39(15-9-36)26-34-23(19-5-6-22(29)21(28)16-19)17-24(35-26)37-10-12-38(13-11-37)25-20(27(30,31)32)4-3-7-33-25/h3-7,16-18H,8-15H2,1-2H3. The number of rotatable bonds is 5. The molecular weight excluding hydrogens is 534 g/mol. The van der Waals surface area contributed by atoms with Gasteiger partial charge in [-0.25, -0.2) is 14.4 Å². The largest absolute Gasteiger partial charge is 0.419 e. The molecule has 2 aliphatic heterocycles. The molecule has 12 heteroatoms. The van der Waals surface area contributed by atoms with E-state index in [0.29, 0.717) is 55.2 Å².